The minimum atomic E-state index is -0.873. The lowest BCUT2D eigenvalue weighted by molar-refractivity contribution is -0.151. The number of carboxylic acids is 1. The summed E-state index contributed by atoms with van der Waals surface area (Å²) in [6.07, 6.45) is 4.77. The Morgan fingerprint density at radius 1 is 1.08 bits per heavy atom. The molecule has 0 saturated carbocycles. The second-order valence-corrected chi connectivity index (χ2v) is 7.16. The van der Waals surface area contributed by atoms with Gasteiger partial charge >= 0.3 is 5.97 Å². The van der Waals surface area contributed by atoms with Crippen LogP contribution in [0.25, 0.3) is 0 Å². The van der Waals surface area contributed by atoms with Gasteiger partial charge in [-0.15, -0.1) is 0 Å². The topological polar surface area (TPSA) is 60.9 Å². The molecule has 5 nitrogen and oxygen atoms in total. The quantitative estimate of drug-likeness (QED) is 0.836. The molecule has 1 aliphatic heterocycles. The third-order valence-electron chi connectivity index (χ3n) is 5.05. The van der Waals surface area contributed by atoms with Gasteiger partial charge in [0.25, 0.3) is 0 Å². The molecule has 0 aromatic heterocycles. The fraction of sp³-hybridized carbons (Fsp3) is 0.474. The number of amides is 1. The van der Waals surface area contributed by atoms with Crippen LogP contribution in [0.15, 0.2) is 36.4 Å². The first kappa shape index (κ1) is 18.0. The monoisotopic (exact) mass is 362 g/mol. The van der Waals surface area contributed by atoms with Gasteiger partial charge in [-0.2, -0.15) is 0 Å². The molecule has 1 amide bonds. The number of nitrogens with zero attached hydrogens (tertiary/aromatic N) is 2. The largest absolute Gasteiger partial charge is 0.481 e. The van der Waals surface area contributed by atoms with Gasteiger partial charge in [0.05, 0.1) is 11.8 Å². The van der Waals surface area contributed by atoms with Crippen molar-refractivity contribution < 1.29 is 14.7 Å². The van der Waals surface area contributed by atoms with E-state index in [9.17, 15) is 14.7 Å². The molecule has 1 saturated heterocycles. The van der Waals surface area contributed by atoms with Crippen LogP contribution in [0.1, 0.15) is 18.4 Å². The molecule has 0 bridgehead atoms. The van der Waals surface area contributed by atoms with E-state index in [1.54, 1.807) is 0 Å². The zero-order chi connectivity index (χ0) is 17.8. The first-order valence-electron chi connectivity index (χ1n) is 8.68. The van der Waals surface area contributed by atoms with Crippen molar-refractivity contribution in [2.24, 2.45) is 11.8 Å². The molecule has 1 aromatic rings. The lowest BCUT2D eigenvalue weighted by Crippen LogP contribution is -2.51. The van der Waals surface area contributed by atoms with Crippen LogP contribution >= 0.6 is 11.6 Å². The Hall–Kier alpha value is -1.85. The fourth-order valence-electron chi connectivity index (χ4n) is 3.61. The standard InChI is InChI=1S/C19H23ClN2O3/c20-15-5-3-4-14(12-15)13-21-8-10-22(11-9-21)18(23)16-6-1-2-7-17(16)19(24)25/h1-5,12,16-17H,6-11,13H2,(H,24,25)/t16-,17+/m0/s1. The number of aliphatic carboxylic acids is 1. The number of benzene rings is 1. The van der Waals surface area contributed by atoms with Gasteiger partial charge in [-0.25, -0.2) is 0 Å². The summed E-state index contributed by atoms with van der Waals surface area (Å²) in [5.74, 6) is -1.91. The van der Waals surface area contributed by atoms with E-state index in [1.807, 2.05) is 35.3 Å². The van der Waals surface area contributed by atoms with Gasteiger partial charge in [-0.3, -0.25) is 14.5 Å². The molecule has 0 spiro atoms. The number of allylic oxidation sites excluding steroid dienone is 2. The maximum Gasteiger partial charge on any atom is 0.307 e. The molecular weight excluding hydrogens is 340 g/mol. The van der Waals surface area contributed by atoms with Crippen LogP contribution in [0.3, 0.4) is 0 Å². The minimum absolute atomic E-state index is 0.0147. The third-order valence-corrected chi connectivity index (χ3v) is 5.28. The highest BCUT2D eigenvalue weighted by molar-refractivity contribution is 6.30. The highest BCUT2D eigenvalue weighted by Crippen LogP contribution is 2.28. The van der Waals surface area contributed by atoms with Crippen molar-refractivity contribution in [1.29, 1.82) is 0 Å². The molecule has 1 fully saturated rings. The molecular formula is C19H23ClN2O3. The van der Waals surface area contributed by atoms with Crippen molar-refractivity contribution in [3.8, 4) is 0 Å². The van der Waals surface area contributed by atoms with Crippen molar-refractivity contribution in [2.75, 3.05) is 26.2 Å². The van der Waals surface area contributed by atoms with Gasteiger partial charge in [-0.05, 0) is 30.5 Å². The SMILES string of the molecule is O=C(O)[C@@H]1CC=CC[C@@H]1C(=O)N1CCN(Cc2cccc(Cl)c2)CC1. The summed E-state index contributed by atoms with van der Waals surface area (Å²) in [7, 11) is 0. The van der Waals surface area contributed by atoms with E-state index in [-0.39, 0.29) is 5.91 Å². The molecule has 1 aliphatic carbocycles. The van der Waals surface area contributed by atoms with Crippen molar-refractivity contribution in [3.05, 3.63) is 47.0 Å². The Labute approximate surface area is 152 Å². The van der Waals surface area contributed by atoms with E-state index in [2.05, 4.69) is 11.0 Å². The molecule has 134 valence electrons. The number of carbonyl (C=O) groups excluding carboxylic acids is 1. The number of carbonyl (C=O) groups is 2. The maximum absolute atomic E-state index is 12.8. The van der Waals surface area contributed by atoms with Crippen LogP contribution in [-0.2, 0) is 16.1 Å². The van der Waals surface area contributed by atoms with Crippen LogP contribution in [-0.4, -0.2) is 53.0 Å². The molecule has 6 heteroatoms. The predicted molar refractivity (Wildman–Crippen MR) is 96.3 cm³/mol. The minimum Gasteiger partial charge on any atom is -0.481 e. The summed E-state index contributed by atoms with van der Waals surface area (Å²) in [6, 6.07) is 7.82. The predicted octanol–water partition coefficient (Wildman–Crippen LogP) is 2.65. The number of halogens is 1. The van der Waals surface area contributed by atoms with E-state index in [1.165, 1.54) is 0 Å². The highest BCUT2D eigenvalue weighted by Gasteiger charge is 2.37. The Balaban J connectivity index is 1.55. The number of rotatable bonds is 4. The second-order valence-electron chi connectivity index (χ2n) is 6.73. The molecule has 0 unspecified atom stereocenters. The molecule has 2 atom stereocenters. The lowest BCUT2D eigenvalue weighted by atomic mass is 9.82. The second kappa shape index (κ2) is 8.02. The van der Waals surface area contributed by atoms with Gasteiger partial charge in [0.2, 0.25) is 5.91 Å². The zero-order valence-corrected chi connectivity index (χ0v) is 14.9. The Bertz CT molecular complexity index is 668. The van der Waals surface area contributed by atoms with Crippen LogP contribution in [0.5, 0.6) is 0 Å². The van der Waals surface area contributed by atoms with Crippen molar-refractivity contribution >= 4 is 23.5 Å². The molecule has 2 aliphatic rings. The molecule has 0 radical (unpaired) electrons. The molecule has 1 aromatic carbocycles. The highest BCUT2D eigenvalue weighted by atomic mass is 35.5. The molecule has 3 rings (SSSR count). The van der Waals surface area contributed by atoms with E-state index < -0.39 is 17.8 Å². The summed E-state index contributed by atoms with van der Waals surface area (Å²) in [5, 5.41) is 10.1. The summed E-state index contributed by atoms with van der Waals surface area (Å²) < 4.78 is 0. The van der Waals surface area contributed by atoms with Crippen molar-refractivity contribution in [3.63, 3.8) is 0 Å². The summed E-state index contributed by atoms with van der Waals surface area (Å²) in [5.41, 5.74) is 1.16. The molecule has 1 N–H and O–H groups in total. The van der Waals surface area contributed by atoms with Gasteiger partial charge in [0.1, 0.15) is 0 Å². The van der Waals surface area contributed by atoms with Gasteiger partial charge in [-0.1, -0.05) is 35.9 Å². The lowest BCUT2D eigenvalue weighted by Gasteiger charge is -2.37. The van der Waals surface area contributed by atoms with Gasteiger partial charge < -0.3 is 10.0 Å². The van der Waals surface area contributed by atoms with Crippen LogP contribution in [0, 0.1) is 11.8 Å². The first-order valence-corrected chi connectivity index (χ1v) is 9.06. The summed E-state index contributed by atoms with van der Waals surface area (Å²) >= 11 is 6.03. The third kappa shape index (κ3) is 4.41. The van der Waals surface area contributed by atoms with Crippen molar-refractivity contribution in [2.45, 2.75) is 19.4 Å². The van der Waals surface area contributed by atoms with Crippen LogP contribution in [0.2, 0.25) is 5.02 Å². The average Bonchev–Trinajstić information content (AvgIpc) is 2.62. The smallest absolute Gasteiger partial charge is 0.307 e. The number of hydrogen-bond donors (Lipinski definition) is 1. The van der Waals surface area contributed by atoms with Gasteiger partial charge in [0, 0.05) is 37.7 Å². The number of piperazine rings is 1. The molecule has 1 heterocycles. The normalized spacial score (nSPS) is 24.3. The average molecular weight is 363 g/mol. The van der Waals surface area contributed by atoms with E-state index >= 15 is 0 Å². The van der Waals surface area contributed by atoms with E-state index in [4.69, 9.17) is 11.6 Å². The Morgan fingerprint density at radius 2 is 1.76 bits per heavy atom. The fourth-order valence-corrected chi connectivity index (χ4v) is 3.83. The van der Waals surface area contributed by atoms with E-state index in [0.717, 1.165) is 30.2 Å². The Kier molecular flexibility index (Phi) is 5.76. The number of hydrogen-bond acceptors (Lipinski definition) is 3. The maximum atomic E-state index is 12.8. The number of carboxylic acid groups (broad SMARTS) is 1. The van der Waals surface area contributed by atoms with Crippen LogP contribution < -0.4 is 0 Å². The van der Waals surface area contributed by atoms with Crippen LogP contribution in [0.4, 0.5) is 0 Å². The zero-order valence-electron chi connectivity index (χ0n) is 14.1. The first-order chi connectivity index (χ1) is 12.0. The van der Waals surface area contributed by atoms with Crippen molar-refractivity contribution in [1.82, 2.24) is 9.80 Å². The Morgan fingerprint density at radius 3 is 2.40 bits per heavy atom. The molecule has 25 heavy (non-hydrogen) atoms. The van der Waals surface area contributed by atoms with E-state index in [0.29, 0.717) is 25.9 Å². The van der Waals surface area contributed by atoms with Gasteiger partial charge in [0.15, 0.2) is 0 Å². The summed E-state index contributed by atoms with van der Waals surface area (Å²) in [6.45, 7) is 3.68. The summed E-state index contributed by atoms with van der Waals surface area (Å²) in [4.78, 5) is 28.3.